The monoisotopic (exact) mass is 287 g/mol. The number of benzene rings is 1. The molecule has 0 aliphatic heterocycles. The van der Waals surface area contributed by atoms with Gasteiger partial charge in [0.25, 0.3) is 0 Å². The van der Waals surface area contributed by atoms with Gasteiger partial charge in [-0.25, -0.2) is 0 Å². The molecule has 0 atom stereocenters. The number of thiophene rings is 1. The predicted octanol–water partition coefficient (Wildman–Crippen LogP) is 3.20. The van der Waals surface area contributed by atoms with Crippen molar-refractivity contribution < 1.29 is 14.3 Å². The molecule has 1 heterocycles. The number of hydrogen-bond donors (Lipinski definition) is 0. The normalized spacial score (nSPS) is 9.85. The molecule has 5 heteroatoms. The van der Waals surface area contributed by atoms with Crippen LogP contribution in [0.4, 0.5) is 0 Å². The number of aryl methyl sites for hydroxylation is 1. The van der Waals surface area contributed by atoms with E-state index in [9.17, 15) is 4.79 Å². The van der Waals surface area contributed by atoms with E-state index in [1.54, 1.807) is 24.3 Å². The lowest BCUT2D eigenvalue weighted by Gasteiger charge is -2.09. The zero-order chi connectivity index (χ0) is 14.5. The highest BCUT2D eigenvalue weighted by Crippen LogP contribution is 2.28. The molecule has 0 spiro atoms. The van der Waals surface area contributed by atoms with Gasteiger partial charge in [-0.3, -0.25) is 4.79 Å². The van der Waals surface area contributed by atoms with E-state index in [0.29, 0.717) is 21.9 Å². The Balaban J connectivity index is 2.07. The van der Waals surface area contributed by atoms with Gasteiger partial charge in [-0.05, 0) is 31.2 Å². The third-order valence-electron chi connectivity index (χ3n) is 2.67. The third kappa shape index (κ3) is 3.16. The van der Waals surface area contributed by atoms with Crippen molar-refractivity contribution >= 4 is 17.1 Å². The average Bonchev–Trinajstić information content (AvgIpc) is 2.91. The van der Waals surface area contributed by atoms with Crippen molar-refractivity contribution in [1.29, 1.82) is 5.26 Å². The molecule has 0 N–H and O–H groups in total. The van der Waals surface area contributed by atoms with Crippen LogP contribution in [0.5, 0.6) is 11.5 Å². The molecule has 0 fully saturated rings. The first-order valence-corrected chi connectivity index (χ1v) is 6.76. The van der Waals surface area contributed by atoms with Crippen LogP contribution < -0.4 is 9.47 Å². The molecule has 0 amide bonds. The van der Waals surface area contributed by atoms with Gasteiger partial charge >= 0.3 is 0 Å². The fraction of sp³-hybridized carbons (Fsp3) is 0.200. The Bertz CT molecular complexity index is 670. The fourth-order valence-corrected chi connectivity index (χ4v) is 2.45. The zero-order valence-electron chi connectivity index (χ0n) is 11.2. The third-order valence-corrected chi connectivity index (χ3v) is 3.71. The van der Waals surface area contributed by atoms with Gasteiger partial charge in [0.15, 0.2) is 18.1 Å². The molecule has 20 heavy (non-hydrogen) atoms. The molecule has 2 aromatic rings. The van der Waals surface area contributed by atoms with Crippen LogP contribution in [0.3, 0.4) is 0 Å². The van der Waals surface area contributed by atoms with Gasteiger partial charge < -0.3 is 9.47 Å². The van der Waals surface area contributed by atoms with Crippen LogP contribution in [-0.2, 0) is 0 Å². The first-order valence-electron chi connectivity index (χ1n) is 5.94. The van der Waals surface area contributed by atoms with E-state index in [1.165, 1.54) is 18.4 Å². The molecule has 0 aliphatic carbocycles. The lowest BCUT2D eigenvalue weighted by molar-refractivity contribution is 0.0923. The molecular formula is C15H13NO3S. The number of rotatable bonds is 5. The summed E-state index contributed by atoms with van der Waals surface area (Å²) in [5, 5.41) is 8.82. The maximum absolute atomic E-state index is 11.9. The number of nitriles is 1. The number of methoxy groups -OCH3 is 1. The minimum Gasteiger partial charge on any atom is -0.493 e. The van der Waals surface area contributed by atoms with Crippen LogP contribution in [0.15, 0.2) is 30.3 Å². The Morgan fingerprint density at radius 3 is 2.70 bits per heavy atom. The molecule has 0 unspecified atom stereocenters. The lowest BCUT2D eigenvalue weighted by Crippen LogP contribution is -2.10. The number of carbonyl (C=O) groups is 1. The minimum atomic E-state index is -0.0745. The van der Waals surface area contributed by atoms with Gasteiger partial charge in [-0.1, -0.05) is 0 Å². The summed E-state index contributed by atoms with van der Waals surface area (Å²) in [5.41, 5.74) is 0.481. The van der Waals surface area contributed by atoms with Crippen molar-refractivity contribution in [3.05, 3.63) is 45.6 Å². The van der Waals surface area contributed by atoms with Crippen LogP contribution in [0.1, 0.15) is 20.1 Å². The van der Waals surface area contributed by atoms with Crippen LogP contribution in [0.25, 0.3) is 0 Å². The predicted molar refractivity (Wildman–Crippen MR) is 76.6 cm³/mol. The van der Waals surface area contributed by atoms with E-state index in [1.807, 2.05) is 19.1 Å². The van der Waals surface area contributed by atoms with E-state index in [-0.39, 0.29) is 12.4 Å². The molecule has 0 aliphatic rings. The number of ether oxygens (including phenoxy) is 2. The quantitative estimate of drug-likeness (QED) is 0.792. The molecule has 2 rings (SSSR count). The highest BCUT2D eigenvalue weighted by Gasteiger charge is 2.11. The highest BCUT2D eigenvalue weighted by atomic mass is 32.1. The average molecular weight is 287 g/mol. The maximum atomic E-state index is 11.9. The topological polar surface area (TPSA) is 59.3 Å². The highest BCUT2D eigenvalue weighted by molar-refractivity contribution is 7.14. The summed E-state index contributed by atoms with van der Waals surface area (Å²) in [6, 6.07) is 10.5. The molecule has 0 saturated carbocycles. The molecule has 0 saturated heterocycles. The molecule has 1 aromatic carbocycles. The SMILES string of the molecule is COc1cc(C#N)ccc1OCC(=O)c1ccc(C)s1. The number of nitrogens with zero attached hydrogens (tertiary/aromatic N) is 1. The number of Topliss-reactive ketones (excluding diaryl/α,β-unsaturated/α-hetero) is 1. The Labute approximate surface area is 121 Å². The van der Waals surface area contributed by atoms with Gasteiger partial charge in [0.1, 0.15) is 0 Å². The second-order valence-electron chi connectivity index (χ2n) is 4.10. The van der Waals surface area contributed by atoms with Crippen molar-refractivity contribution in [2.45, 2.75) is 6.92 Å². The molecular weight excluding hydrogens is 274 g/mol. The number of ketones is 1. The van der Waals surface area contributed by atoms with Gasteiger partial charge in [0.2, 0.25) is 5.78 Å². The van der Waals surface area contributed by atoms with Crippen molar-refractivity contribution in [3.8, 4) is 17.6 Å². The maximum Gasteiger partial charge on any atom is 0.210 e. The summed E-state index contributed by atoms with van der Waals surface area (Å²) >= 11 is 1.44. The second kappa shape index (κ2) is 6.22. The van der Waals surface area contributed by atoms with Crippen molar-refractivity contribution in [2.75, 3.05) is 13.7 Å². The fourth-order valence-electron chi connectivity index (χ4n) is 1.66. The summed E-state index contributed by atoms with van der Waals surface area (Å²) in [7, 11) is 1.49. The molecule has 1 aromatic heterocycles. The van der Waals surface area contributed by atoms with Crippen LogP contribution >= 0.6 is 11.3 Å². The summed E-state index contributed by atoms with van der Waals surface area (Å²) in [6.07, 6.45) is 0. The van der Waals surface area contributed by atoms with E-state index in [0.717, 1.165) is 4.88 Å². The van der Waals surface area contributed by atoms with Crippen LogP contribution in [0.2, 0.25) is 0 Å². The van der Waals surface area contributed by atoms with E-state index < -0.39 is 0 Å². The van der Waals surface area contributed by atoms with E-state index in [4.69, 9.17) is 14.7 Å². The minimum absolute atomic E-state index is 0.0534. The summed E-state index contributed by atoms with van der Waals surface area (Å²) in [5.74, 6) is 0.821. The second-order valence-corrected chi connectivity index (χ2v) is 5.39. The molecule has 102 valence electrons. The first-order chi connectivity index (χ1) is 9.63. The number of hydrogen-bond acceptors (Lipinski definition) is 5. The smallest absolute Gasteiger partial charge is 0.210 e. The Morgan fingerprint density at radius 2 is 2.10 bits per heavy atom. The summed E-state index contributed by atoms with van der Waals surface area (Å²) in [6.45, 7) is 1.90. The van der Waals surface area contributed by atoms with Crippen molar-refractivity contribution in [1.82, 2.24) is 0 Å². The molecule has 0 bridgehead atoms. The van der Waals surface area contributed by atoms with Crippen molar-refractivity contribution in [2.24, 2.45) is 0 Å². The molecule has 0 radical (unpaired) electrons. The van der Waals surface area contributed by atoms with Crippen LogP contribution in [0, 0.1) is 18.3 Å². The largest absolute Gasteiger partial charge is 0.493 e. The van der Waals surface area contributed by atoms with Crippen LogP contribution in [-0.4, -0.2) is 19.5 Å². The van der Waals surface area contributed by atoms with Gasteiger partial charge in [0.05, 0.1) is 23.6 Å². The summed E-state index contributed by atoms with van der Waals surface area (Å²) in [4.78, 5) is 13.7. The van der Waals surface area contributed by atoms with Gasteiger partial charge in [-0.2, -0.15) is 5.26 Å². The van der Waals surface area contributed by atoms with Gasteiger partial charge in [0, 0.05) is 10.9 Å². The Hall–Kier alpha value is -2.32. The van der Waals surface area contributed by atoms with E-state index in [2.05, 4.69) is 0 Å². The first kappa shape index (κ1) is 14.1. The standard InChI is InChI=1S/C15H13NO3S/c1-10-3-6-15(20-10)12(17)9-19-13-5-4-11(8-16)7-14(13)18-2/h3-7H,9H2,1-2H3. The van der Waals surface area contributed by atoms with Crippen molar-refractivity contribution in [3.63, 3.8) is 0 Å². The zero-order valence-corrected chi connectivity index (χ0v) is 12.0. The van der Waals surface area contributed by atoms with Gasteiger partial charge in [-0.15, -0.1) is 11.3 Å². The lowest BCUT2D eigenvalue weighted by atomic mass is 10.2. The Kier molecular flexibility index (Phi) is 4.38. The van der Waals surface area contributed by atoms with E-state index >= 15 is 0 Å². The summed E-state index contributed by atoms with van der Waals surface area (Å²) < 4.78 is 10.6. The number of carbonyl (C=O) groups excluding carboxylic acids is 1. The Morgan fingerprint density at radius 1 is 1.30 bits per heavy atom. The molecule has 4 nitrogen and oxygen atoms in total.